The highest BCUT2D eigenvalue weighted by atomic mass is 16.7. The van der Waals surface area contributed by atoms with Gasteiger partial charge in [-0.25, -0.2) is 0 Å². The molecular formula is C12H9N3O3. The number of hydrogen-bond acceptors (Lipinski definition) is 5. The maximum Gasteiger partial charge on any atom is 0.292 e. The lowest BCUT2D eigenvalue weighted by Gasteiger charge is -1.97. The fraction of sp³-hybridized carbons (Fsp3) is 0.0833. The summed E-state index contributed by atoms with van der Waals surface area (Å²) < 4.78 is 15.7. The summed E-state index contributed by atoms with van der Waals surface area (Å²) in [6.07, 6.45) is 3.39. The van der Waals surface area contributed by atoms with Gasteiger partial charge in [-0.15, -0.1) is 0 Å². The molecule has 6 nitrogen and oxygen atoms in total. The van der Waals surface area contributed by atoms with Gasteiger partial charge in [-0.2, -0.15) is 4.98 Å². The minimum atomic E-state index is 0.153. The van der Waals surface area contributed by atoms with Gasteiger partial charge >= 0.3 is 0 Å². The largest absolute Gasteiger partial charge is 0.454 e. The summed E-state index contributed by atoms with van der Waals surface area (Å²) in [7, 11) is 0. The summed E-state index contributed by atoms with van der Waals surface area (Å²) in [5.41, 5.74) is 8.05. The smallest absolute Gasteiger partial charge is 0.292 e. The molecule has 1 aliphatic rings. The molecule has 0 radical (unpaired) electrons. The van der Waals surface area contributed by atoms with Gasteiger partial charge in [0.1, 0.15) is 12.0 Å². The number of fused-ring (bicyclic) bond motifs is 2. The van der Waals surface area contributed by atoms with Crippen molar-refractivity contribution in [3.8, 4) is 22.8 Å². The monoisotopic (exact) mass is 243 g/mol. The van der Waals surface area contributed by atoms with E-state index in [2.05, 4.69) is 9.97 Å². The number of ether oxygens (including phenoxy) is 2. The minimum absolute atomic E-state index is 0.153. The van der Waals surface area contributed by atoms with E-state index in [-0.39, 0.29) is 12.8 Å². The Labute approximate surface area is 101 Å². The number of H-pyrrole nitrogens is 1. The molecule has 0 unspecified atom stereocenters. The summed E-state index contributed by atoms with van der Waals surface area (Å²) in [4.78, 5) is 7.28. The molecule has 0 amide bonds. The van der Waals surface area contributed by atoms with E-state index in [1.165, 1.54) is 6.26 Å². The lowest BCUT2D eigenvalue weighted by molar-refractivity contribution is 0.174. The van der Waals surface area contributed by atoms with E-state index >= 15 is 0 Å². The quantitative estimate of drug-likeness (QED) is 0.683. The second-order valence-electron chi connectivity index (χ2n) is 4.02. The van der Waals surface area contributed by atoms with Gasteiger partial charge in [0.25, 0.3) is 6.01 Å². The van der Waals surface area contributed by atoms with Crippen LogP contribution >= 0.6 is 0 Å². The molecule has 0 atom stereocenters. The van der Waals surface area contributed by atoms with Crippen molar-refractivity contribution in [2.24, 2.45) is 0 Å². The molecular weight excluding hydrogens is 234 g/mol. The van der Waals surface area contributed by atoms with Gasteiger partial charge in [0.15, 0.2) is 11.5 Å². The van der Waals surface area contributed by atoms with Crippen LogP contribution < -0.4 is 15.2 Å². The number of rotatable bonds is 1. The fourth-order valence-electron chi connectivity index (χ4n) is 2.14. The van der Waals surface area contributed by atoms with Crippen molar-refractivity contribution in [1.82, 2.24) is 9.97 Å². The summed E-state index contributed by atoms with van der Waals surface area (Å²) >= 11 is 0. The summed E-state index contributed by atoms with van der Waals surface area (Å²) in [5, 5.41) is 0.993. The topological polar surface area (TPSA) is 86.3 Å². The zero-order chi connectivity index (χ0) is 12.1. The second-order valence-corrected chi connectivity index (χ2v) is 4.02. The third-order valence-electron chi connectivity index (χ3n) is 2.97. The molecule has 3 heterocycles. The average Bonchev–Trinajstić information content (AvgIpc) is 3.04. The van der Waals surface area contributed by atoms with E-state index in [1.54, 1.807) is 0 Å². The molecule has 0 fully saturated rings. The summed E-state index contributed by atoms with van der Waals surface area (Å²) in [6, 6.07) is 3.99. The van der Waals surface area contributed by atoms with Crippen molar-refractivity contribution in [2.75, 3.05) is 12.5 Å². The Bertz CT molecular complexity index is 744. The molecule has 90 valence electrons. The SMILES string of the molecule is Nc1nc(-c2c[nH]c3cc4c(cc23)OCO4)co1. The van der Waals surface area contributed by atoms with E-state index in [0.29, 0.717) is 5.69 Å². The van der Waals surface area contributed by atoms with Crippen molar-refractivity contribution in [3.05, 3.63) is 24.6 Å². The molecule has 18 heavy (non-hydrogen) atoms. The maximum absolute atomic E-state index is 5.49. The zero-order valence-corrected chi connectivity index (χ0v) is 9.27. The molecule has 1 aromatic carbocycles. The number of aromatic nitrogens is 2. The second kappa shape index (κ2) is 3.19. The first kappa shape index (κ1) is 9.41. The molecule has 0 saturated heterocycles. The first-order valence-electron chi connectivity index (χ1n) is 5.43. The van der Waals surface area contributed by atoms with Crippen LogP contribution in [0, 0.1) is 0 Å². The Kier molecular flexibility index (Phi) is 1.67. The molecule has 0 bridgehead atoms. The number of oxazole rings is 1. The van der Waals surface area contributed by atoms with Crippen LogP contribution in [0.25, 0.3) is 22.2 Å². The van der Waals surface area contributed by atoms with Gasteiger partial charge < -0.3 is 24.6 Å². The summed E-state index contributed by atoms with van der Waals surface area (Å²) in [5.74, 6) is 1.48. The molecule has 3 aromatic rings. The van der Waals surface area contributed by atoms with Gasteiger partial charge in [-0.3, -0.25) is 0 Å². The van der Waals surface area contributed by atoms with Crippen LogP contribution in [-0.4, -0.2) is 16.8 Å². The van der Waals surface area contributed by atoms with Crippen molar-refractivity contribution in [2.45, 2.75) is 0 Å². The van der Waals surface area contributed by atoms with E-state index in [0.717, 1.165) is 28.0 Å². The van der Waals surface area contributed by atoms with Crippen molar-refractivity contribution in [1.29, 1.82) is 0 Å². The normalized spacial score (nSPS) is 13.3. The van der Waals surface area contributed by atoms with E-state index in [9.17, 15) is 0 Å². The van der Waals surface area contributed by atoms with E-state index < -0.39 is 0 Å². The van der Waals surface area contributed by atoms with Gasteiger partial charge in [0.05, 0.1) is 5.52 Å². The van der Waals surface area contributed by atoms with Gasteiger partial charge in [0.2, 0.25) is 6.79 Å². The number of nitrogens with one attached hydrogen (secondary N) is 1. The van der Waals surface area contributed by atoms with Gasteiger partial charge in [-0.1, -0.05) is 0 Å². The number of benzene rings is 1. The predicted octanol–water partition coefficient (Wildman–Crippen LogP) is 2.13. The van der Waals surface area contributed by atoms with Crippen LogP contribution in [-0.2, 0) is 0 Å². The van der Waals surface area contributed by atoms with Crippen molar-refractivity contribution < 1.29 is 13.9 Å². The first-order chi connectivity index (χ1) is 8.81. The van der Waals surface area contributed by atoms with Crippen molar-refractivity contribution >= 4 is 16.9 Å². The lowest BCUT2D eigenvalue weighted by atomic mass is 10.1. The molecule has 0 spiro atoms. The standard InChI is InChI=1S/C12H9N3O3/c13-12-15-9(4-16-12)7-3-14-8-2-11-10(1-6(7)8)17-5-18-11/h1-4,14H,5H2,(H2,13,15). The van der Waals surface area contributed by atoms with Crippen LogP contribution in [0.1, 0.15) is 0 Å². The maximum atomic E-state index is 5.49. The fourth-order valence-corrected chi connectivity index (χ4v) is 2.14. The number of anilines is 1. The molecule has 2 aromatic heterocycles. The molecule has 0 aliphatic carbocycles. The Morgan fingerprint density at radius 1 is 1.22 bits per heavy atom. The molecule has 1 aliphatic heterocycles. The predicted molar refractivity (Wildman–Crippen MR) is 64.3 cm³/mol. The van der Waals surface area contributed by atoms with Gasteiger partial charge in [0, 0.05) is 23.2 Å². The number of nitrogens with two attached hydrogens (primary N) is 1. The van der Waals surface area contributed by atoms with Gasteiger partial charge in [-0.05, 0) is 6.07 Å². The van der Waals surface area contributed by atoms with Crippen LogP contribution in [0.5, 0.6) is 11.5 Å². The molecule has 4 rings (SSSR count). The van der Waals surface area contributed by atoms with Crippen LogP contribution in [0.2, 0.25) is 0 Å². The van der Waals surface area contributed by atoms with Crippen molar-refractivity contribution in [3.63, 3.8) is 0 Å². The Balaban J connectivity index is 1.97. The third kappa shape index (κ3) is 1.20. The molecule has 6 heteroatoms. The first-order valence-corrected chi connectivity index (χ1v) is 5.43. The average molecular weight is 243 g/mol. The number of hydrogen-bond donors (Lipinski definition) is 2. The number of nitrogens with zero attached hydrogens (tertiary/aromatic N) is 1. The third-order valence-corrected chi connectivity index (χ3v) is 2.97. The highest BCUT2D eigenvalue weighted by Gasteiger charge is 2.18. The van der Waals surface area contributed by atoms with Crippen LogP contribution in [0.4, 0.5) is 6.01 Å². The highest BCUT2D eigenvalue weighted by molar-refractivity contribution is 5.96. The summed E-state index contributed by atoms with van der Waals surface area (Å²) in [6.45, 7) is 0.258. The van der Waals surface area contributed by atoms with E-state index in [4.69, 9.17) is 19.6 Å². The number of nitrogen functional groups attached to an aromatic ring is 1. The highest BCUT2D eigenvalue weighted by Crippen LogP contribution is 2.39. The zero-order valence-electron chi connectivity index (χ0n) is 9.27. The molecule has 0 saturated carbocycles. The molecule has 3 N–H and O–H groups in total. The van der Waals surface area contributed by atoms with Crippen LogP contribution in [0.15, 0.2) is 29.0 Å². The van der Waals surface area contributed by atoms with Crippen LogP contribution in [0.3, 0.4) is 0 Å². The lowest BCUT2D eigenvalue weighted by Crippen LogP contribution is -1.92. The van der Waals surface area contributed by atoms with E-state index in [1.807, 2.05) is 18.3 Å². The number of aromatic amines is 1. The minimum Gasteiger partial charge on any atom is -0.454 e. The Morgan fingerprint density at radius 3 is 2.83 bits per heavy atom. The Morgan fingerprint density at radius 2 is 2.06 bits per heavy atom. The Hall–Kier alpha value is -2.63.